The van der Waals surface area contributed by atoms with E-state index in [0.717, 1.165) is 37.9 Å². The van der Waals surface area contributed by atoms with Crippen LogP contribution in [0.2, 0.25) is 0 Å². The van der Waals surface area contributed by atoms with Crippen molar-refractivity contribution in [1.29, 1.82) is 0 Å². The zero-order valence-corrected chi connectivity index (χ0v) is 13.6. The monoisotopic (exact) mass is 303 g/mol. The third-order valence-electron chi connectivity index (χ3n) is 4.76. The van der Waals surface area contributed by atoms with Crippen LogP contribution in [0.1, 0.15) is 49.5 Å². The molecule has 1 fully saturated rings. The minimum atomic E-state index is -0.897. The third kappa shape index (κ3) is 3.67. The number of hydrogen-bond donors (Lipinski definition) is 1. The molecule has 1 aromatic rings. The molecule has 1 aliphatic rings. The summed E-state index contributed by atoms with van der Waals surface area (Å²) in [6, 6.07) is 7.05. The minimum Gasteiger partial charge on any atom is -0.478 e. The largest absolute Gasteiger partial charge is 0.478 e. The van der Waals surface area contributed by atoms with Crippen LogP contribution in [-0.4, -0.2) is 35.0 Å². The van der Waals surface area contributed by atoms with E-state index >= 15 is 0 Å². The smallest absolute Gasteiger partial charge is 0.335 e. The van der Waals surface area contributed by atoms with Crippen LogP contribution in [0, 0.1) is 11.3 Å². The Morgan fingerprint density at radius 1 is 1.27 bits per heavy atom. The van der Waals surface area contributed by atoms with Gasteiger partial charge in [-0.25, -0.2) is 4.79 Å². The van der Waals surface area contributed by atoms with E-state index in [9.17, 15) is 9.59 Å². The lowest BCUT2D eigenvalue weighted by atomic mass is 9.88. The first-order valence-corrected chi connectivity index (χ1v) is 7.95. The molecule has 0 spiro atoms. The number of likely N-dealkylation sites (tertiary alicyclic amines) is 1. The molecule has 1 amide bonds. The number of carboxylic acid groups (broad SMARTS) is 1. The second kappa shape index (κ2) is 6.51. The van der Waals surface area contributed by atoms with E-state index in [4.69, 9.17) is 5.11 Å². The van der Waals surface area contributed by atoms with Crippen LogP contribution in [0.15, 0.2) is 24.3 Å². The molecule has 1 atom stereocenters. The van der Waals surface area contributed by atoms with Crippen LogP contribution >= 0.6 is 0 Å². The Hall–Kier alpha value is -1.84. The van der Waals surface area contributed by atoms with Gasteiger partial charge in [-0.3, -0.25) is 4.79 Å². The fraction of sp³-hybridized carbons (Fsp3) is 0.556. The minimum absolute atomic E-state index is 0.249. The first kappa shape index (κ1) is 16.5. The number of benzene rings is 1. The number of nitrogens with zero attached hydrogens (tertiary/aromatic N) is 1. The summed E-state index contributed by atoms with van der Waals surface area (Å²) < 4.78 is 0. The fourth-order valence-corrected chi connectivity index (χ4v) is 2.88. The van der Waals surface area contributed by atoms with Crippen LogP contribution in [0.4, 0.5) is 0 Å². The average Bonchev–Trinajstić information content (AvgIpc) is 2.95. The summed E-state index contributed by atoms with van der Waals surface area (Å²) in [7, 11) is 0. The van der Waals surface area contributed by atoms with Gasteiger partial charge in [0, 0.05) is 18.5 Å². The molecule has 1 aromatic carbocycles. The van der Waals surface area contributed by atoms with Crippen LogP contribution in [0.5, 0.6) is 0 Å². The standard InChI is InChI=1S/C18H25NO3/c1-4-18(2,3)17(22)19-10-9-14(12-19)11-13-5-7-15(8-6-13)16(20)21/h5-8,14H,4,9-12H2,1-3H3,(H,20,21)/t14-/m1/s1. The topological polar surface area (TPSA) is 57.6 Å². The summed E-state index contributed by atoms with van der Waals surface area (Å²) in [4.78, 5) is 25.3. The van der Waals surface area contributed by atoms with Gasteiger partial charge < -0.3 is 10.0 Å². The van der Waals surface area contributed by atoms with Gasteiger partial charge in [0.25, 0.3) is 0 Å². The average molecular weight is 303 g/mol. The quantitative estimate of drug-likeness (QED) is 0.908. The molecule has 120 valence electrons. The molecule has 0 bridgehead atoms. The van der Waals surface area contributed by atoms with Gasteiger partial charge in [0.2, 0.25) is 5.91 Å². The molecule has 1 aliphatic heterocycles. The predicted octanol–water partition coefficient (Wildman–Crippen LogP) is 3.21. The Bertz CT molecular complexity index is 548. The fourth-order valence-electron chi connectivity index (χ4n) is 2.88. The van der Waals surface area contributed by atoms with Crippen molar-refractivity contribution in [1.82, 2.24) is 4.90 Å². The first-order valence-electron chi connectivity index (χ1n) is 7.95. The Morgan fingerprint density at radius 3 is 2.45 bits per heavy atom. The number of carboxylic acids is 1. The molecule has 1 saturated heterocycles. The number of hydrogen-bond acceptors (Lipinski definition) is 2. The summed E-state index contributed by atoms with van der Waals surface area (Å²) in [5.41, 5.74) is 1.17. The van der Waals surface area contributed by atoms with Crippen molar-refractivity contribution >= 4 is 11.9 Å². The van der Waals surface area contributed by atoms with E-state index in [0.29, 0.717) is 11.5 Å². The number of aromatic carboxylic acids is 1. The van der Waals surface area contributed by atoms with E-state index in [-0.39, 0.29) is 11.3 Å². The Labute approximate surface area is 132 Å². The van der Waals surface area contributed by atoms with Crippen molar-refractivity contribution in [2.45, 2.75) is 40.0 Å². The van der Waals surface area contributed by atoms with Crippen molar-refractivity contribution < 1.29 is 14.7 Å². The van der Waals surface area contributed by atoms with E-state index < -0.39 is 5.97 Å². The first-order chi connectivity index (χ1) is 10.3. The lowest BCUT2D eigenvalue weighted by Gasteiger charge is -2.28. The van der Waals surface area contributed by atoms with Crippen molar-refractivity contribution in [2.75, 3.05) is 13.1 Å². The van der Waals surface area contributed by atoms with Crippen molar-refractivity contribution in [3.63, 3.8) is 0 Å². The van der Waals surface area contributed by atoms with E-state index in [1.54, 1.807) is 12.1 Å². The highest BCUT2D eigenvalue weighted by atomic mass is 16.4. The number of carbonyl (C=O) groups is 2. The maximum absolute atomic E-state index is 12.5. The molecule has 0 aromatic heterocycles. The summed E-state index contributed by atoms with van der Waals surface area (Å²) in [5.74, 6) is -0.183. The van der Waals surface area contributed by atoms with Crippen LogP contribution in [0.25, 0.3) is 0 Å². The molecular weight excluding hydrogens is 278 g/mol. The zero-order valence-electron chi connectivity index (χ0n) is 13.6. The molecular formula is C18H25NO3. The van der Waals surface area contributed by atoms with Crippen molar-refractivity contribution in [3.8, 4) is 0 Å². The predicted molar refractivity (Wildman–Crippen MR) is 85.9 cm³/mol. The number of amides is 1. The lowest BCUT2D eigenvalue weighted by Crippen LogP contribution is -2.39. The third-order valence-corrected chi connectivity index (χ3v) is 4.76. The molecule has 0 aliphatic carbocycles. The van der Waals surface area contributed by atoms with Crippen molar-refractivity contribution in [2.24, 2.45) is 11.3 Å². The van der Waals surface area contributed by atoms with Crippen LogP contribution in [0.3, 0.4) is 0 Å². The molecule has 0 radical (unpaired) electrons. The Kier molecular flexibility index (Phi) is 4.89. The molecule has 1 N–H and O–H groups in total. The van der Waals surface area contributed by atoms with Gasteiger partial charge in [-0.2, -0.15) is 0 Å². The molecule has 4 heteroatoms. The molecule has 1 heterocycles. The molecule has 4 nitrogen and oxygen atoms in total. The normalized spacial score (nSPS) is 18.5. The Morgan fingerprint density at radius 2 is 1.91 bits per heavy atom. The second-order valence-corrected chi connectivity index (χ2v) is 6.85. The van der Waals surface area contributed by atoms with Gasteiger partial charge in [0.15, 0.2) is 0 Å². The maximum Gasteiger partial charge on any atom is 0.335 e. The van der Waals surface area contributed by atoms with Gasteiger partial charge in [0.1, 0.15) is 0 Å². The zero-order chi connectivity index (χ0) is 16.3. The Balaban J connectivity index is 1.94. The van der Waals surface area contributed by atoms with Crippen molar-refractivity contribution in [3.05, 3.63) is 35.4 Å². The summed E-state index contributed by atoms with van der Waals surface area (Å²) in [5, 5.41) is 8.91. The highest BCUT2D eigenvalue weighted by Gasteiger charge is 2.34. The number of rotatable bonds is 5. The van der Waals surface area contributed by atoms with E-state index in [2.05, 4.69) is 6.92 Å². The lowest BCUT2D eigenvalue weighted by molar-refractivity contribution is -0.139. The summed E-state index contributed by atoms with van der Waals surface area (Å²) >= 11 is 0. The van der Waals surface area contributed by atoms with Gasteiger partial charge in [-0.05, 0) is 42.9 Å². The van der Waals surface area contributed by atoms with E-state index in [1.807, 2.05) is 30.9 Å². The van der Waals surface area contributed by atoms with Gasteiger partial charge in [0.05, 0.1) is 5.56 Å². The highest BCUT2D eigenvalue weighted by molar-refractivity contribution is 5.87. The van der Waals surface area contributed by atoms with Crippen LogP contribution < -0.4 is 0 Å². The molecule has 0 saturated carbocycles. The molecule has 2 rings (SSSR count). The summed E-state index contributed by atoms with van der Waals surface area (Å²) in [6.07, 6.45) is 2.77. The SMILES string of the molecule is CCC(C)(C)C(=O)N1CC[C@H](Cc2ccc(C(=O)O)cc2)C1. The second-order valence-electron chi connectivity index (χ2n) is 6.85. The maximum atomic E-state index is 12.5. The van der Waals surface area contributed by atoms with Crippen LogP contribution in [-0.2, 0) is 11.2 Å². The summed E-state index contributed by atoms with van der Waals surface area (Å²) in [6.45, 7) is 7.71. The van der Waals surface area contributed by atoms with E-state index in [1.165, 1.54) is 0 Å². The van der Waals surface area contributed by atoms with Gasteiger partial charge >= 0.3 is 5.97 Å². The molecule has 22 heavy (non-hydrogen) atoms. The van der Waals surface area contributed by atoms with Gasteiger partial charge in [-0.15, -0.1) is 0 Å². The number of carbonyl (C=O) groups excluding carboxylic acids is 1. The molecule has 0 unspecified atom stereocenters. The van der Waals surface area contributed by atoms with Gasteiger partial charge in [-0.1, -0.05) is 32.9 Å². The highest BCUT2D eigenvalue weighted by Crippen LogP contribution is 2.28.